The maximum absolute atomic E-state index is 13.5. The minimum atomic E-state index is -1.62. The number of ether oxygens (including phenoxy) is 3. The molecule has 1 aliphatic rings. The number of hydrogen-bond acceptors (Lipinski definition) is 10. The molecule has 11 nitrogen and oxygen atoms in total. The Morgan fingerprint density at radius 1 is 0.494 bits per heavy atom. The number of carbonyl (C=O) groups excluding carboxylic acids is 2. The van der Waals surface area contributed by atoms with E-state index in [-0.39, 0.29) is 19.4 Å². The van der Waals surface area contributed by atoms with E-state index >= 15 is 0 Å². The maximum Gasteiger partial charge on any atom is 0.306 e. The molecule has 0 aliphatic carbocycles. The predicted molar refractivity (Wildman–Crippen MR) is 338 cm³/mol. The molecule has 1 rings (SSSR count). The molecule has 0 bridgehead atoms. The van der Waals surface area contributed by atoms with Crippen molar-refractivity contribution in [3.8, 4) is 0 Å². The van der Waals surface area contributed by atoms with Crippen LogP contribution < -0.4 is 5.32 Å². The number of amides is 1. The summed E-state index contributed by atoms with van der Waals surface area (Å²) in [5.41, 5.74) is 0. The number of aliphatic hydroxyl groups is 5. The quantitative estimate of drug-likeness (QED) is 0.0195. The van der Waals surface area contributed by atoms with Gasteiger partial charge in [0, 0.05) is 6.42 Å². The monoisotopic (exact) mass is 1140 g/mol. The topological polar surface area (TPSA) is 175 Å². The van der Waals surface area contributed by atoms with E-state index in [0.717, 1.165) is 128 Å². The molecule has 1 fully saturated rings. The summed E-state index contributed by atoms with van der Waals surface area (Å²) in [5, 5.41) is 57.1. The molecule has 466 valence electrons. The molecule has 81 heavy (non-hydrogen) atoms. The van der Waals surface area contributed by atoms with Crippen molar-refractivity contribution in [1.29, 1.82) is 0 Å². The van der Waals surface area contributed by atoms with Gasteiger partial charge in [-0.2, -0.15) is 0 Å². The van der Waals surface area contributed by atoms with Gasteiger partial charge in [-0.3, -0.25) is 9.59 Å². The summed E-state index contributed by atoms with van der Waals surface area (Å²) in [6.45, 7) is 5.65. The average molecular weight is 1140 g/mol. The van der Waals surface area contributed by atoms with Crippen molar-refractivity contribution >= 4 is 11.9 Å². The van der Waals surface area contributed by atoms with Gasteiger partial charge >= 0.3 is 5.97 Å². The highest BCUT2D eigenvalue weighted by molar-refractivity contribution is 5.80. The van der Waals surface area contributed by atoms with Crippen LogP contribution in [0.4, 0.5) is 0 Å². The Hall–Kier alpha value is -3.42. The highest BCUT2D eigenvalue weighted by Crippen LogP contribution is 2.26. The molecule has 1 amide bonds. The molecule has 0 radical (unpaired) electrons. The molecular weight excluding hydrogens is 1010 g/mol. The highest BCUT2D eigenvalue weighted by atomic mass is 16.7. The Morgan fingerprint density at radius 2 is 0.889 bits per heavy atom. The summed E-state index contributed by atoms with van der Waals surface area (Å²) in [4.78, 5) is 26.6. The largest absolute Gasteiger partial charge is 0.454 e. The van der Waals surface area contributed by atoms with Crippen LogP contribution in [-0.2, 0) is 23.8 Å². The number of allylic oxidation sites excluding steroid dienone is 15. The number of hydrogen-bond donors (Lipinski definition) is 6. The Kier molecular flexibility index (Phi) is 53.2. The lowest BCUT2D eigenvalue weighted by Gasteiger charge is -2.41. The number of unbranched alkanes of at least 4 members (excludes halogenated alkanes) is 27. The van der Waals surface area contributed by atoms with E-state index in [1.807, 2.05) is 6.08 Å². The zero-order valence-electron chi connectivity index (χ0n) is 51.6. The van der Waals surface area contributed by atoms with Crippen LogP contribution in [0.3, 0.4) is 0 Å². The zero-order valence-corrected chi connectivity index (χ0v) is 51.6. The van der Waals surface area contributed by atoms with E-state index in [2.05, 4.69) is 111 Å². The fourth-order valence-electron chi connectivity index (χ4n) is 9.77. The van der Waals surface area contributed by atoms with E-state index in [1.165, 1.54) is 96.3 Å². The predicted octanol–water partition coefficient (Wildman–Crippen LogP) is 16.3. The number of carbonyl (C=O) groups is 2. The molecule has 0 spiro atoms. The fraction of sp³-hybridized carbons (Fsp3) is 0.743. The van der Waals surface area contributed by atoms with Gasteiger partial charge in [-0.05, 0) is 103 Å². The average Bonchev–Trinajstić information content (AvgIpc) is 3.49. The maximum atomic E-state index is 13.5. The van der Waals surface area contributed by atoms with Gasteiger partial charge < -0.3 is 45.1 Å². The summed E-state index contributed by atoms with van der Waals surface area (Å²) in [6, 6.07) is -1.04. The van der Waals surface area contributed by atoms with Gasteiger partial charge in [0.1, 0.15) is 24.4 Å². The van der Waals surface area contributed by atoms with Gasteiger partial charge in [0.2, 0.25) is 5.91 Å². The van der Waals surface area contributed by atoms with Crippen molar-refractivity contribution in [2.75, 3.05) is 13.2 Å². The summed E-state index contributed by atoms with van der Waals surface area (Å²) >= 11 is 0. The van der Waals surface area contributed by atoms with E-state index in [1.54, 1.807) is 6.08 Å². The molecule has 1 saturated heterocycles. The van der Waals surface area contributed by atoms with Crippen LogP contribution in [0.2, 0.25) is 0 Å². The SMILES string of the molecule is CC/C=C\C/C=C\C/C=C\C/C=C\C/C=C\CCCCCCCCC(O)C(=O)NC(COC1OC(CO)C(O)C(O)C1OC(=O)CCCCCCCCC/C=C\C/C=C\CCCCC)C(O)/C=C/CCCCCCCCCCCCC. The van der Waals surface area contributed by atoms with Crippen LogP contribution in [0.25, 0.3) is 0 Å². The first-order valence-electron chi connectivity index (χ1n) is 33.0. The second-order valence-electron chi connectivity index (χ2n) is 22.5. The van der Waals surface area contributed by atoms with E-state index in [9.17, 15) is 35.1 Å². The van der Waals surface area contributed by atoms with Gasteiger partial charge in [-0.25, -0.2) is 0 Å². The minimum Gasteiger partial charge on any atom is -0.454 e. The van der Waals surface area contributed by atoms with E-state index in [0.29, 0.717) is 12.8 Å². The molecule has 0 saturated carbocycles. The van der Waals surface area contributed by atoms with Crippen LogP contribution in [0.5, 0.6) is 0 Å². The molecule has 0 aromatic carbocycles. The smallest absolute Gasteiger partial charge is 0.306 e. The summed E-state index contributed by atoms with van der Waals surface area (Å²) in [7, 11) is 0. The first kappa shape index (κ1) is 75.6. The van der Waals surface area contributed by atoms with Crippen LogP contribution in [0.15, 0.2) is 97.2 Å². The summed E-state index contributed by atoms with van der Waals surface area (Å²) in [5.74, 6) is -1.22. The van der Waals surface area contributed by atoms with Gasteiger partial charge in [-0.1, -0.05) is 259 Å². The fourth-order valence-corrected chi connectivity index (χ4v) is 9.77. The number of nitrogens with one attached hydrogen (secondary N) is 1. The van der Waals surface area contributed by atoms with Crippen molar-refractivity contribution in [2.45, 2.75) is 320 Å². The third kappa shape index (κ3) is 44.7. The molecule has 8 atom stereocenters. The molecule has 1 heterocycles. The molecule has 8 unspecified atom stereocenters. The molecule has 1 aliphatic heterocycles. The van der Waals surface area contributed by atoms with E-state index < -0.39 is 67.4 Å². The first-order valence-corrected chi connectivity index (χ1v) is 33.0. The first-order chi connectivity index (χ1) is 39.7. The second-order valence-corrected chi connectivity index (χ2v) is 22.5. The van der Waals surface area contributed by atoms with Crippen LogP contribution in [0.1, 0.15) is 271 Å². The van der Waals surface area contributed by atoms with Crippen molar-refractivity contribution in [2.24, 2.45) is 0 Å². The Bertz CT molecular complexity index is 1690. The van der Waals surface area contributed by atoms with Crippen LogP contribution in [-0.4, -0.2) is 99.6 Å². The Labute approximate surface area is 495 Å². The van der Waals surface area contributed by atoms with Gasteiger partial charge in [0.25, 0.3) is 0 Å². The molecule has 0 aromatic heterocycles. The summed E-state index contributed by atoms with van der Waals surface area (Å²) in [6.07, 6.45) is 65.7. The molecule has 11 heteroatoms. The number of rotatable bonds is 55. The normalized spacial score (nSPS) is 19.3. The van der Waals surface area contributed by atoms with Crippen molar-refractivity contribution in [3.05, 3.63) is 97.2 Å². The van der Waals surface area contributed by atoms with Gasteiger partial charge in [-0.15, -0.1) is 0 Å². The summed E-state index contributed by atoms with van der Waals surface area (Å²) < 4.78 is 17.6. The van der Waals surface area contributed by atoms with Crippen molar-refractivity contribution in [3.63, 3.8) is 0 Å². The van der Waals surface area contributed by atoms with Crippen LogP contribution in [0, 0.1) is 0 Å². The lowest BCUT2D eigenvalue weighted by molar-refractivity contribution is -0.305. The van der Waals surface area contributed by atoms with E-state index in [4.69, 9.17) is 14.2 Å². The molecule has 6 N–H and O–H groups in total. The molecule has 0 aromatic rings. The molecular formula is C70H121NO10. The Morgan fingerprint density at radius 3 is 1.36 bits per heavy atom. The van der Waals surface area contributed by atoms with Crippen molar-refractivity contribution in [1.82, 2.24) is 5.32 Å². The third-order valence-electron chi connectivity index (χ3n) is 15.0. The highest BCUT2D eigenvalue weighted by Gasteiger charge is 2.47. The minimum absolute atomic E-state index is 0.109. The number of aliphatic hydroxyl groups excluding tert-OH is 5. The second kappa shape index (κ2) is 57.0. The van der Waals surface area contributed by atoms with Crippen LogP contribution >= 0.6 is 0 Å². The zero-order chi connectivity index (χ0) is 58.9. The Balaban J connectivity index is 2.67. The van der Waals surface area contributed by atoms with Gasteiger partial charge in [0.15, 0.2) is 12.4 Å². The standard InChI is InChI=1S/C70H121NO10/c1-4-7-10-13-16-19-22-25-27-29-30-31-32-33-35-36-39-42-45-48-51-54-57-63(74)69(78)71-61(62(73)56-53-50-47-44-41-38-24-21-18-15-12-9-6-3)60-79-70-68(67(77)66(76)64(59-72)80-70)81-65(75)58-55-52-49-46-43-40-37-34-28-26-23-20-17-14-11-8-5-2/h7,10,16-17,19-20,25-28,30-31,33,35,53,56,61-64,66-68,70,72-74,76-77H,4-6,8-9,11-15,18,21-24,29,32,34,36-52,54-55,57-60H2,1-3H3,(H,71,78)/b10-7-,19-16-,20-17-,27-25-,28-26-,31-30-,35-33-,56-53+. The third-order valence-corrected chi connectivity index (χ3v) is 15.0. The number of esters is 1. The lowest BCUT2D eigenvalue weighted by Crippen LogP contribution is -2.61. The van der Waals surface area contributed by atoms with Gasteiger partial charge in [0.05, 0.1) is 25.4 Å². The van der Waals surface area contributed by atoms with Crippen molar-refractivity contribution < 1.29 is 49.3 Å². The lowest BCUT2D eigenvalue weighted by atomic mass is 9.99.